The van der Waals surface area contributed by atoms with E-state index in [0.717, 1.165) is 0 Å². The number of carbonyl (C=O) groups is 2. The van der Waals surface area contributed by atoms with Gasteiger partial charge in [-0.15, -0.1) is 0 Å². The molecule has 7 nitrogen and oxygen atoms in total. The van der Waals surface area contributed by atoms with E-state index in [-0.39, 0.29) is 23.8 Å². The summed E-state index contributed by atoms with van der Waals surface area (Å²) in [5, 5.41) is 8.10. The van der Waals surface area contributed by atoms with Gasteiger partial charge in [0.05, 0.1) is 18.9 Å². The number of nitrogens with one attached hydrogen (secondary N) is 3. The first kappa shape index (κ1) is 20.6. The zero-order valence-electron chi connectivity index (χ0n) is 16.5. The minimum Gasteiger partial charge on any atom is -0.378 e. The fraction of sp³-hybridized carbons (Fsp3) is 0.333. The SMILES string of the molecule is CC(C)NC(=O)Nc1ccc(C(=O)Nc2ccc(N3CCOCC3)c(F)c2)cc1. The molecule has 0 unspecified atom stereocenters. The van der Waals surface area contributed by atoms with Crippen LogP contribution in [0.5, 0.6) is 0 Å². The molecule has 3 N–H and O–H groups in total. The van der Waals surface area contributed by atoms with E-state index in [2.05, 4.69) is 16.0 Å². The van der Waals surface area contributed by atoms with Gasteiger partial charge in [-0.25, -0.2) is 9.18 Å². The molecular weight excluding hydrogens is 375 g/mol. The van der Waals surface area contributed by atoms with Crippen molar-refractivity contribution in [3.05, 3.63) is 53.8 Å². The molecule has 8 heteroatoms. The maximum Gasteiger partial charge on any atom is 0.319 e. The summed E-state index contributed by atoms with van der Waals surface area (Å²) in [6, 6.07) is 10.8. The van der Waals surface area contributed by atoms with Crippen LogP contribution in [0.25, 0.3) is 0 Å². The highest BCUT2D eigenvalue weighted by Crippen LogP contribution is 2.24. The van der Waals surface area contributed by atoms with Crippen LogP contribution in [0.4, 0.5) is 26.2 Å². The van der Waals surface area contributed by atoms with Gasteiger partial charge in [0.1, 0.15) is 5.82 Å². The summed E-state index contributed by atoms with van der Waals surface area (Å²) in [7, 11) is 0. The van der Waals surface area contributed by atoms with E-state index in [1.807, 2.05) is 18.7 Å². The lowest BCUT2D eigenvalue weighted by Crippen LogP contribution is -2.36. The van der Waals surface area contributed by atoms with Crippen LogP contribution < -0.4 is 20.9 Å². The second-order valence-corrected chi connectivity index (χ2v) is 7.05. The van der Waals surface area contributed by atoms with E-state index in [0.29, 0.717) is 48.9 Å². The molecule has 0 aliphatic carbocycles. The predicted octanol–water partition coefficient (Wildman–Crippen LogP) is 3.44. The van der Waals surface area contributed by atoms with Crippen molar-refractivity contribution in [3.8, 4) is 0 Å². The second-order valence-electron chi connectivity index (χ2n) is 7.05. The Hall–Kier alpha value is -3.13. The summed E-state index contributed by atoms with van der Waals surface area (Å²) in [4.78, 5) is 26.1. The smallest absolute Gasteiger partial charge is 0.319 e. The van der Waals surface area contributed by atoms with Gasteiger partial charge in [-0.2, -0.15) is 0 Å². The Bertz CT molecular complexity index is 865. The average molecular weight is 400 g/mol. The van der Waals surface area contributed by atoms with E-state index in [4.69, 9.17) is 4.74 Å². The largest absolute Gasteiger partial charge is 0.378 e. The van der Waals surface area contributed by atoms with Crippen LogP contribution in [0.15, 0.2) is 42.5 Å². The van der Waals surface area contributed by atoms with Crippen molar-refractivity contribution in [2.45, 2.75) is 19.9 Å². The molecule has 2 aromatic carbocycles. The Kier molecular flexibility index (Phi) is 6.66. The summed E-state index contributed by atoms with van der Waals surface area (Å²) < 4.78 is 19.8. The Labute approximate surface area is 169 Å². The quantitative estimate of drug-likeness (QED) is 0.718. The zero-order valence-corrected chi connectivity index (χ0v) is 16.5. The number of hydrogen-bond acceptors (Lipinski definition) is 4. The number of nitrogens with zero attached hydrogens (tertiary/aromatic N) is 1. The molecule has 0 atom stereocenters. The van der Waals surface area contributed by atoms with Gasteiger partial charge in [0, 0.05) is 36.1 Å². The summed E-state index contributed by atoms with van der Waals surface area (Å²) in [5.41, 5.74) is 1.85. The molecule has 1 fully saturated rings. The molecule has 0 spiro atoms. The molecule has 1 saturated heterocycles. The molecule has 0 aromatic heterocycles. The average Bonchev–Trinajstić information content (AvgIpc) is 2.68. The minimum atomic E-state index is -0.389. The van der Waals surface area contributed by atoms with Gasteiger partial charge in [-0.3, -0.25) is 4.79 Å². The number of ether oxygens (including phenoxy) is 1. The van der Waals surface area contributed by atoms with Gasteiger partial charge >= 0.3 is 6.03 Å². The van der Waals surface area contributed by atoms with Crippen molar-refractivity contribution in [1.29, 1.82) is 0 Å². The molecule has 1 aliphatic heterocycles. The van der Waals surface area contributed by atoms with Crippen molar-refractivity contribution in [2.75, 3.05) is 41.8 Å². The Balaban J connectivity index is 1.61. The summed E-state index contributed by atoms with van der Waals surface area (Å²) in [6.07, 6.45) is 0. The summed E-state index contributed by atoms with van der Waals surface area (Å²) >= 11 is 0. The third-order valence-corrected chi connectivity index (χ3v) is 4.38. The van der Waals surface area contributed by atoms with E-state index in [9.17, 15) is 14.0 Å². The molecule has 1 aliphatic rings. The van der Waals surface area contributed by atoms with Crippen LogP contribution in [0.2, 0.25) is 0 Å². The van der Waals surface area contributed by atoms with Gasteiger partial charge in [0.25, 0.3) is 5.91 Å². The fourth-order valence-corrected chi connectivity index (χ4v) is 2.98. The summed E-state index contributed by atoms with van der Waals surface area (Å²) in [5.74, 6) is -0.748. The zero-order chi connectivity index (χ0) is 20.8. The van der Waals surface area contributed by atoms with Gasteiger partial charge in [0.15, 0.2) is 0 Å². The van der Waals surface area contributed by atoms with E-state index < -0.39 is 0 Å². The third-order valence-electron chi connectivity index (χ3n) is 4.38. The number of carbonyl (C=O) groups excluding carboxylic acids is 2. The number of amides is 3. The van der Waals surface area contributed by atoms with Gasteiger partial charge in [0.2, 0.25) is 0 Å². The highest BCUT2D eigenvalue weighted by atomic mass is 19.1. The van der Waals surface area contributed by atoms with Crippen LogP contribution in [0, 0.1) is 5.82 Å². The molecule has 3 amide bonds. The molecule has 1 heterocycles. The monoisotopic (exact) mass is 400 g/mol. The molecule has 0 bridgehead atoms. The van der Waals surface area contributed by atoms with Crippen molar-refractivity contribution in [3.63, 3.8) is 0 Å². The van der Waals surface area contributed by atoms with E-state index >= 15 is 0 Å². The predicted molar refractivity (Wildman–Crippen MR) is 111 cm³/mol. The molecule has 154 valence electrons. The van der Waals surface area contributed by atoms with E-state index in [1.54, 1.807) is 36.4 Å². The number of anilines is 3. The van der Waals surface area contributed by atoms with Crippen LogP contribution in [-0.4, -0.2) is 44.3 Å². The number of morpholine rings is 1. The highest BCUT2D eigenvalue weighted by molar-refractivity contribution is 6.04. The standard InChI is InChI=1S/C21H25FN4O3/c1-14(2)23-21(28)25-16-5-3-15(4-6-16)20(27)24-17-7-8-19(18(22)13-17)26-9-11-29-12-10-26/h3-8,13-14H,9-12H2,1-2H3,(H,24,27)(H2,23,25,28). The first-order chi connectivity index (χ1) is 13.9. The molecule has 3 rings (SSSR count). The van der Waals surface area contributed by atoms with Crippen molar-refractivity contribution < 1.29 is 18.7 Å². The maximum absolute atomic E-state index is 14.5. The summed E-state index contributed by atoms with van der Waals surface area (Å²) in [6.45, 7) is 6.15. The van der Waals surface area contributed by atoms with Crippen molar-refractivity contribution >= 4 is 29.0 Å². The number of halogens is 1. The third kappa shape index (κ3) is 5.68. The second kappa shape index (κ2) is 9.38. The Morgan fingerprint density at radius 3 is 2.28 bits per heavy atom. The number of urea groups is 1. The fourth-order valence-electron chi connectivity index (χ4n) is 2.98. The topological polar surface area (TPSA) is 82.7 Å². The van der Waals surface area contributed by atoms with Crippen LogP contribution in [-0.2, 0) is 4.74 Å². The number of hydrogen-bond donors (Lipinski definition) is 3. The van der Waals surface area contributed by atoms with Crippen molar-refractivity contribution in [2.24, 2.45) is 0 Å². The lowest BCUT2D eigenvalue weighted by molar-refractivity contribution is 0.102. The van der Waals surface area contributed by atoms with Gasteiger partial charge in [-0.1, -0.05) is 0 Å². The van der Waals surface area contributed by atoms with Gasteiger partial charge in [-0.05, 0) is 56.3 Å². The minimum absolute atomic E-state index is 0.0232. The maximum atomic E-state index is 14.5. The lowest BCUT2D eigenvalue weighted by Gasteiger charge is -2.29. The Morgan fingerprint density at radius 2 is 1.66 bits per heavy atom. The van der Waals surface area contributed by atoms with Crippen LogP contribution in [0.3, 0.4) is 0 Å². The van der Waals surface area contributed by atoms with Crippen molar-refractivity contribution in [1.82, 2.24) is 5.32 Å². The number of benzene rings is 2. The van der Waals surface area contributed by atoms with Gasteiger partial charge < -0.3 is 25.6 Å². The normalized spacial score (nSPS) is 13.9. The lowest BCUT2D eigenvalue weighted by atomic mass is 10.1. The molecule has 0 radical (unpaired) electrons. The first-order valence-electron chi connectivity index (χ1n) is 9.53. The molecule has 29 heavy (non-hydrogen) atoms. The molecular formula is C21H25FN4O3. The molecule has 0 saturated carbocycles. The number of rotatable bonds is 5. The van der Waals surface area contributed by atoms with E-state index in [1.165, 1.54) is 6.07 Å². The van der Waals surface area contributed by atoms with Crippen LogP contribution >= 0.6 is 0 Å². The van der Waals surface area contributed by atoms with Crippen LogP contribution in [0.1, 0.15) is 24.2 Å². The molecule has 2 aromatic rings. The Morgan fingerprint density at radius 1 is 1.00 bits per heavy atom. The first-order valence-corrected chi connectivity index (χ1v) is 9.53. The highest BCUT2D eigenvalue weighted by Gasteiger charge is 2.16.